The van der Waals surface area contributed by atoms with Gasteiger partial charge in [0.15, 0.2) is 5.17 Å². The fraction of sp³-hybridized carbons (Fsp3) is 0.167. The number of thioether (sulfide) groups is 1. The van der Waals surface area contributed by atoms with Crippen molar-refractivity contribution in [1.82, 2.24) is 9.88 Å². The molecular formula is C24H23N3OS. The highest BCUT2D eigenvalue weighted by atomic mass is 32.2. The van der Waals surface area contributed by atoms with Crippen LogP contribution in [0.1, 0.15) is 28.1 Å². The van der Waals surface area contributed by atoms with Crippen LogP contribution in [0.15, 0.2) is 64.5 Å². The van der Waals surface area contributed by atoms with E-state index >= 15 is 0 Å². The molecule has 0 radical (unpaired) electrons. The third-order valence-corrected chi connectivity index (χ3v) is 5.77. The first-order valence-corrected chi connectivity index (χ1v) is 10.3. The normalized spacial score (nSPS) is 16.6. The summed E-state index contributed by atoms with van der Waals surface area (Å²) in [5.74, 6) is -0.110. The third kappa shape index (κ3) is 4.05. The molecule has 4 nitrogen and oxygen atoms in total. The summed E-state index contributed by atoms with van der Waals surface area (Å²) in [5, 5.41) is 3.47. The van der Waals surface area contributed by atoms with E-state index in [-0.39, 0.29) is 5.91 Å². The van der Waals surface area contributed by atoms with E-state index in [9.17, 15) is 4.79 Å². The molecule has 0 atom stereocenters. The lowest BCUT2D eigenvalue weighted by atomic mass is 10.1. The molecule has 1 aromatic heterocycles. The number of aliphatic imine (C=N–C) groups is 1. The fourth-order valence-corrected chi connectivity index (χ4v) is 4.49. The van der Waals surface area contributed by atoms with Crippen molar-refractivity contribution in [3.8, 4) is 5.69 Å². The number of para-hydroxylation sites is 1. The van der Waals surface area contributed by atoms with Gasteiger partial charge in [0.2, 0.25) is 0 Å². The third-order valence-electron chi connectivity index (χ3n) is 4.86. The zero-order valence-electron chi connectivity index (χ0n) is 17.0. The molecule has 29 heavy (non-hydrogen) atoms. The van der Waals surface area contributed by atoms with Crippen molar-refractivity contribution in [1.29, 1.82) is 0 Å². The number of carbonyl (C=O) groups excluding carboxylic acids is 1. The van der Waals surface area contributed by atoms with Gasteiger partial charge in [0.05, 0.1) is 10.6 Å². The minimum Gasteiger partial charge on any atom is -0.318 e. The smallest absolute Gasteiger partial charge is 0.264 e. The molecule has 1 aliphatic rings. The fourth-order valence-electron chi connectivity index (χ4n) is 3.65. The van der Waals surface area contributed by atoms with Gasteiger partial charge in [-0.3, -0.25) is 4.79 Å². The molecule has 2 aromatic carbocycles. The van der Waals surface area contributed by atoms with Gasteiger partial charge in [-0.1, -0.05) is 24.3 Å². The first-order chi connectivity index (χ1) is 13.9. The monoisotopic (exact) mass is 401 g/mol. The zero-order chi connectivity index (χ0) is 20.5. The van der Waals surface area contributed by atoms with E-state index in [2.05, 4.69) is 66.8 Å². The van der Waals surface area contributed by atoms with E-state index in [4.69, 9.17) is 0 Å². The Morgan fingerprint density at radius 2 is 1.66 bits per heavy atom. The minimum absolute atomic E-state index is 0.110. The lowest BCUT2D eigenvalue weighted by molar-refractivity contribution is -0.115. The van der Waals surface area contributed by atoms with Crippen molar-refractivity contribution in [2.24, 2.45) is 4.99 Å². The number of amides is 1. The minimum atomic E-state index is -0.110. The summed E-state index contributed by atoms with van der Waals surface area (Å²) >= 11 is 1.37. The van der Waals surface area contributed by atoms with E-state index in [0.717, 1.165) is 28.3 Å². The summed E-state index contributed by atoms with van der Waals surface area (Å²) in [5.41, 5.74) is 7.74. The Balaban J connectivity index is 1.67. The molecule has 146 valence electrons. The second kappa shape index (κ2) is 7.76. The van der Waals surface area contributed by atoms with Crippen LogP contribution >= 0.6 is 11.8 Å². The van der Waals surface area contributed by atoms with Gasteiger partial charge in [0.1, 0.15) is 0 Å². The van der Waals surface area contributed by atoms with Gasteiger partial charge in [0.25, 0.3) is 5.91 Å². The number of amidine groups is 1. The van der Waals surface area contributed by atoms with Gasteiger partial charge in [-0.05, 0) is 92.6 Å². The number of rotatable bonds is 3. The molecule has 0 saturated carbocycles. The topological polar surface area (TPSA) is 46.4 Å². The van der Waals surface area contributed by atoms with E-state index < -0.39 is 0 Å². The average Bonchev–Trinajstić information content (AvgIpc) is 3.14. The van der Waals surface area contributed by atoms with Crippen molar-refractivity contribution < 1.29 is 4.79 Å². The molecule has 3 aromatic rings. The Morgan fingerprint density at radius 3 is 2.34 bits per heavy atom. The number of aryl methyl sites for hydroxylation is 3. The van der Waals surface area contributed by atoms with E-state index in [1.807, 2.05) is 36.4 Å². The molecule has 0 spiro atoms. The van der Waals surface area contributed by atoms with Crippen LogP contribution in [0.4, 0.5) is 5.69 Å². The van der Waals surface area contributed by atoms with Crippen molar-refractivity contribution in [3.63, 3.8) is 0 Å². The number of benzene rings is 2. The summed E-state index contributed by atoms with van der Waals surface area (Å²) in [6, 6.07) is 18.3. The second-order valence-electron chi connectivity index (χ2n) is 7.33. The average molecular weight is 402 g/mol. The highest BCUT2D eigenvalue weighted by Crippen LogP contribution is 2.30. The molecule has 4 rings (SSSR count). The molecule has 1 N–H and O–H groups in total. The molecule has 0 bridgehead atoms. The van der Waals surface area contributed by atoms with Gasteiger partial charge in [-0.25, -0.2) is 4.99 Å². The Hall–Kier alpha value is -3.05. The molecule has 1 amide bonds. The van der Waals surface area contributed by atoms with Crippen LogP contribution in [0.25, 0.3) is 11.8 Å². The standard InChI is InChI=1S/C24H23N3OS/c1-15-10-16(2)12-21(11-15)27-17(3)13-19(18(27)4)14-22-23(28)26-24(29-22)25-20-8-6-5-7-9-20/h5-14H,1-4H3,(H,25,26,28)/b22-14+. The first-order valence-electron chi connectivity index (χ1n) is 9.53. The number of carbonyl (C=O) groups is 1. The summed E-state index contributed by atoms with van der Waals surface area (Å²) in [6.07, 6.45) is 1.95. The lowest BCUT2D eigenvalue weighted by Crippen LogP contribution is -2.19. The second-order valence-corrected chi connectivity index (χ2v) is 8.36. The predicted octanol–water partition coefficient (Wildman–Crippen LogP) is 5.60. The molecule has 1 saturated heterocycles. The Bertz CT molecular complexity index is 1140. The van der Waals surface area contributed by atoms with Gasteiger partial charge < -0.3 is 9.88 Å². The predicted molar refractivity (Wildman–Crippen MR) is 122 cm³/mol. The van der Waals surface area contributed by atoms with Crippen molar-refractivity contribution in [2.45, 2.75) is 27.7 Å². The number of nitrogens with one attached hydrogen (secondary N) is 1. The Labute approximate surface area is 175 Å². The van der Waals surface area contributed by atoms with Crippen molar-refractivity contribution >= 4 is 34.6 Å². The van der Waals surface area contributed by atoms with Gasteiger partial charge in [0, 0.05) is 17.1 Å². The van der Waals surface area contributed by atoms with Crippen molar-refractivity contribution in [2.75, 3.05) is 0 Å². The molecular weight excluding hydrogens is 378 g/mol. The van der Waals surface area contributed by atoms with Crippen LogP contribution in [0.5, 0.6) is 0 Å². The number of hydrogen-bond acceptors (Lipinski definition) is 3. The molecule has 1 aliphatic heterocycles. The maximum atomic E-state index is 12.5. The lowest BCUT2D eigenvalue weighted by Gasteiger charge is -2.12. The van der Waals surface area contributed by atoms with E-state index in [0.29, 0.717) is 10.1 Å². The number of nitrogens with zero attached hydrogens (tertiary/aromatic N) is 2. The molecule has 5 heteroatoms. The summed E-state index contributed by atoms with van der Waals surface area (Å²) in [6.45, 7) is 8.41. The van der Waals surface area contributed by atoms with Crippen LogP contribution in [-0.4, -0.2) is 15.6 Å². The van der Waals surface area contributed by atoms with Crippen LogP contribution in [0, 0.1) is 27.7 Å². The first kappa shape index (κ1) is 19.3. The maximum Gasteiger partial charge on any atom is 0.264 e. The number of aromatic nitrogens is 1. The highest BCUT2D eigenvalue weighted by Gasteiger charge is 2.24. The largest absolute Gasteiger partial charge is 0.318 e. The molecule has 0 unspecified atom stereocenters. The van der Waals surface area contributed by atoms with Gasteiger partial charge in [-0.15, -0.1) is 0 Å². The summed E-state index contributed by atoms with van der Waals surface area (Å²) in [7, 11) is 0. The Morgan fingerprint density at radius 1 is 0.966 bits per heavy atom. The van der Waals surface area contributed by atoms with Crippen molar-refractivity contribution in [3.05, 3.63) is 87.6 Å². The summed E-state index contributed by atoms with van der Waals surface area (Å²) in [4.78, 5) is 17.6. The van der Waals surface area contributed by atoms with Crippen LogP contribution in [-0.2, 0) is 4.79 Å². The summed E-state index contributed by atoms with van der Waals surface area (Å²) < 4.78 is 2.24. The van der Waals surface area contributed by atoms with Gasteiger partial charge in [-0.2, -0.15) is 0 Å². The maximum absolute atomic E-state index is 12.5. The Kier molecular flexibility index (Phi) is 5.16. The van der Waals surface area contributed by atoms with Crippen LogP contribution in [0.2, 0.25) is 0 Å². The zero-order valence-corrected chi connectivity index (χ0v) is 17.8. The van der Waals surface area contributed by atoms with E-state index in [1.54, 1.807) is 0 Å². The SMILES string of the molecule is Cc1cc(C)cc(-n2c(C)cc(/C=C3/SC(=Nc4ccccc4)NC3=O)c2C)c1. The highest BCUT2D eigenvalue weighted by molar-refractivity contribution is 8.18. The van der Waals surface area contributed by atoms with Crippen LogP contribution < -0.4 is 5.32 Å². The molecule has 2 heterocycles. The molecule has 1 fully saturated rings. The van der Waals surface area contributed by atoms with Crippen LogP contribution in [0.3, 0.4) is 0 Å². The number of hydrogen-bond donors (Lipinski definition) is 1. The molecule has 0 aliphatic carbocycles. The van der Waals surface area contributed by atoms with E-state index in [1.165, 1.54) is 22.9 Å². The quantitative estimate of drug-likeness (QED) is 0.581. The van der Waals surface area contributed by atoms with Gasteiger partial charge >= 0.3 is 0 Å².